The van der Waals surface area contributed by atoms with Gasteiger partial charge in [0, 0.05) is 31.1 Å². The molecule has 0 unspecified atom stereocenters. The van der Waals surface area contributed by atoms with Crippen LogP contribution in [0.1, 0.15) is 45.7 Å². The quantitative estimate of drug-likeness (QED) is 0.546. The zero-order valence-corrected chi connectivity index (χ0v) is 13.7. The van der Waals surface area contributed by atoms with E-state index in [1.165, 1.54) is 12.8 Å². The van der Waals surface area contributed by atoms with Crippen LogP contribution in [0.15, 0.2) is 6.20 Å². The first kappa shape index (κ1) is 18.6. The van der Waals surface area contributed by atoms with Crippen molar-refractivity contribution in [3.63, 3.8) is 0 Å². The van der Waals surface area contributed by atoms with Gasteiger partial charge in [-0.05, 0) is 6.42 Å². The fourth-order valence-corrected chi connectivity index (χ4v) is 1.94. The lowest BCUT2D eigenvalue weighted by Gasteiger charge is -2.27. The van der Waals surface area contributed by atoms with Crippen LogP contribution in [0.5, 0.6) is 0 Å². The predicted molar refractivity (Wildman–Crippen MR) is 83.1 cm³/mol. The SMILES string of the molecule is CCCCCn1cc(CCNC(=O)[C@H](O)C(C)(C)CO)nn1. The molecule has 1 amide bonds. The van der Waals surface area contributed by atoms with Gasteiger partial charge in [0.1, 0.15) is 6.10 Å². The van der Waals surface area contributed by atoms with E-state index < -0.39 is 17.4 Å². The van der Waals surface area contributed by atoms with E-state index in [0.717, 1.165) is 18.7 Å². The number of rotatable bonds is 10. The fraction of sp³-hybridized carbons (Fsp3) is 0.800. The average molecular weight is 312 g/mol. The van der Waals surface area contributed by atoms with E-state index in [1.54, 1.807) is 13.8 Å². The second-order valence-corrected chi connectivity index (χ2v) is 6.27. The van der Waals surface area contributed by atoms with Crippen molar-refractivity contribution in [3.8, 4) is 0 Å². The fourth-order valence-electron chi connectivity index (χ4n) is 1.94. The number of aromatic nitrogens is 3. The van der Waals surface area contributed by atoms with Crippen LogP contribution in [-0.2, 0) is 17.8 Å². The van der Waals surface area contributed by atoms with Gasteiger partial charge in [-0.1, -0.05) is 38.8 Å². The van der Waals surface area contributed by atoms with Gasteiger partial charge in [0.05, 0.1) is 12.3 Å². The number of carbonyl (C=O) groups excluding carboxylic acids is 1. The highest BCUT2D eigenvalue weighted by atomic mass is 16.3. The Morgan fingerprint density at radius 3 is 2.82 bits per heavy atom. The summed E-state index contributed by atoms with van der Waals surface area (Å²) in [6, 6.07) is 0. The number of aliphatic hydroxyl groups is 2. The number of nitrogens with zero attached hydrogens (tertiary/aromatic N) is 3. The van der Waals surface area contributed by atoms with Gasteiger partial charge in [0.15, 0.2) is 0 Å². The number of unbranched alkanes of at least 4 members (excludes halogenated alkanes) is 2. The number of hydrogen-bond donors (Lipinski definition) is 3. The number of aryl methyl sites for hydroxylation is 1. The molecule has 0 saturated heterocycles. The normalized spacial score (nSPS) is 13.1. The van der Waals surface area contributed by atoms with E-state index in [9.17, 15) is 9.90 Å². The van der Waals surface area contributed by atoms with Crippen LogP contribution in [0, 0.1) is 5.41 Å². The van der Waals surface area contributed by atoms with Crippen LogP contribution in [0.2, 0.25) is 0 Å². The van der Waals surface area contributed by atoms with E-state index in [0.29, 0.717) is 13.0 Å². The van der Waals surface area contributed by atoms with E-state index in [-0.39, 0.29) is 6.61 Å². The summed E-state index contributed by atoms with van der Waals surface area (Å²) in [6.07, 6.45) is 4.63. The van der Waals surface area contributed by atoms with Gasteiger partial charge in [-0.2, -0.15) is 0 Å². The molecule has 0 bridgehead atoms. The summed E-state index contributed by atoms with van der Waals surface area (Å²) in [7, 11) is 0. The summed E-state index contributed by atoms with van der Waals surface area (Å²) in [5.74, 6) is -0.477. The molecule has 7 nitrogen and oxygen atoms in total. The summed E-state index contributed by atoms with van der Waals surface area (Å²) in [5.41, 5.74) is -0.0420. The van der Waals surface area contributed by atoms with Crippen LogP contribution in [0.3, 0.4) is 0 Å². The van der Waals surface area contributed by atoms with Crippen molar-refractivity contribution >= 4 is 5.91 Å². The van der Waals surface area contributed by atoms with Crippen LogP contribution < -0.4 is 5.32 Å². The molecule has 1 aromatic heterocycles. The molecule has 126 valence electrons. The Hall–Kier alpha value is -1.47. The lowest BCUT2D eigenvalue weighted by Crippen LogP contribution is -2.46. The summed E-state index contributed by atoms with van der Waals surface area (Å²) in [4.78, 5) is 11.8. The Labute approximate surface area is 131 Å². The van der Waals surface area contributed by atoms with Gasteiger partial charge in [0.25, 0.3) is 0 Å². The Morgan fingerprint density at radius 1 is 1.45 bits per heavy atom. The Balaban J connectivity index is 2.33. The van der Waals surface area contributed by atoms with Gasteiger partial charge >= 0.3 is 0 Å². The smallest absolute Gasteiger partial charge is 0.249 e. The zero-order valence-electron chi connectivity index (χ0n) is 13.7. The number of hydrogen-bond acceptors (Lipinski definition) is 5. The van der Waals surface area contributed by atoms with Crippen molar-refractivity contribution in [2.45, 2.75) is 59.1 Å². The minimum atomic E-state index is -1.23. The Kier molecular flexibility index (Phi) is 7.47. The van der Waals surface area contributed by atoms with Gasteiger partial charge in [0.2, 0.25) is 5.91 Å². The molecule has 0 radical (unpaired) electrons. The standard InChI is InChI=1S/C15H28N4O3/c1-4-5-6-9-19-10-12(17-18-19)7-8-16-14(22)13(21)15(2,3)11-20/h10,13,20-21H,4-9,11H2,1-3H3,(H,16,22)/t13-/m0/s1. The van der Waals surface area contributed by atoms with Crippen molar-refractivity contribution in [1.82, 2.24) is 20.3 Å². The molecule has 22 heavy (non-hydrogen) atoms. The molecular formula is C15H28N4O3. The zero-order chi connectivity index (χ0) is 16.6. The highest BCUT2D eigenvalue weighted by Crippen LogP contribution is 2.19. The van der Waals surface area contributed by atoms with Crippen LogP contribution in [-0.4, -0.2) is 50.4 Å². The number of carbonyl (C=O) groups is 1. The van der Waals surface area contributed by atoms with E-state index in [2.05, 4.69) is 22.6 Å². The monoisotopic (exact) mass is 312 g/mol. The predicted octanol–water partition coefficient (Wildman–Crippen LogP) is 0.506. The third kappa shape index (κ3) is 5.73. The lowest BCUT2D eigenvalue weighted by molar-refractivity contribution is -0.137. The maximum Gasteiger partial charge on any atom is 0.249 e. The Morgan fingerprint density at radius 2 is 2.18 bits per heavy atom. The van der Waals surface area contributed by atoms with Crippen molar-refractivity contribution in [2.24, 2.45) is 5.41 Å². The first-order valence-corrected chi connectivity index (χ1v) is 7.86. The van der Waals surface area contributed by atoms with Crippen molar-refractivity contribution in [3.05, 3.63) is 11.9 Å². The molecule has 0 aliphatic rings. The summed E-state index contributed by atoms with van der Waals surface area (Å²) in [6.45, 7) is 6.41. The number of amides is 1. The molecule has 0 aromatic carbocycles. The van der Waals surface area contributed by atoms with Gasteiger partial charge in [-0.3, -0.25) is 9.48 Å². The molecular weight excluding hydrogens is 284 g/mol. The highest BCUT2D eigenvalue weighted by molar-refractivity contribution is 5.81. The average Bonchev–Trinajstić information content (AvgIpc) is 2.94. The second kappa shape index (κ2) is 8.85. The summed E-state index contributed by atoms with van der Waals surface area (Å²) >= 11 is 0. The molecule has 7 heteroatoms. The van der Waals surface area contributed by atoms with Crippen molar-refractivity contribution < 1.29 is 15.0 Å². The molecule has 3 N–H and O–H groups in total. The van der Waals surface area contributed by atoms with Crippen molar-refractivity contribution in [2.75, 3.05) is 13.2 Å². The van der Waals surface area contributed by atoms with E-state index in [4.69, 9.17) is 5.11 Å². The van der Waals surface area contributed by atoms with Crippen molar-refractivity contribution in [1.29, 1.82) is 0 Å². The summed E-state index contributed by atoms with van der Waals surface area (Å²) in [5, 5.41) is 29.8. The number of aliphatic hydroxyl groups excluding tert-OH is 2. The molecule has 0 aliphatic carbocycles. The minimum absolute atomic E-state index is 0.256. The van der Waals surface area contributed by atoms with E-state index in [1.807, 2.05) is 10.9 Å². The first-order valence-electron chi connectivity index (χ1n) is 7.86. The lowest BCUT2D eigenvalue weighted by atomic mass is 9.87. The number of nitrogens with one attached hydrogen (secondary N) is 1. The second-order valence-electron chi connectivity index (χ2n) is 6.27. The molecule has 0 spiro atoms. The molecule has 0 saturated carbocycles. The van der Waals surface area contributed by atoms with E-state index >= 15 is 0 Å². The molecule has 1 rings (SSSR count). The molecule has 1 atom stereocenters. The molecule has 0 aliphatic heterocycles. The van der Waals surface area contributed by atoms with Crippen LogP contribution in [0.25, 0.3) is 0 Å². The van der Waals surface area contributed by atoms with Crippen LogP contribution in [0.4, 0.5) is 0 Å². The van der Waals surface area contributed by atoms with Gasteiger partial charge in [-0.25, -0.2) is 0 Å². The van der Waals surface area contributed by atoms with Gasteiger partial charge < -0.3 is 15.5 Å². The third-order valence-corrected chi connectivity index (χ3v) is 3.65. The minimum Gasteiger partial charge on any atom is -0.396 e. The van der Waals surface area contributed by atoms with Gasteiger partial charge in [-0.15, -0.1) is 5.10 Å². The molecule has 1 heterocycles. The maximum absolute atomic E-state index is 11.8. The largest absolute Gasteiger partial charge is 0.396 e. The third-order valence-electron chi connectivity index (χ3n) is 3.65. The summed E-state index contributed by atoms with van der Waals surface area (Å²) < 4.78 is 1.82. The highest BCUT2D eigenvalue weighted by Gasteiger charge is 2.32. The maximum atomic E-state index is 11.8. The molecule has 1 aromatic rings. The molecule has 0 fully saturated rings. The van der Waals surface area contributed by atoms with Crippen LogP contribution >= 0.6 is 0 Å². The topological polar surface area (TPSA) is 100 Å². The Bertz CT molecular complexity index is 459. The first-order chi connectivity index (χ1) is 10.4.